The van der Waals surface area contributed by atoms with Gasteiger partial charge in [-0.2, -0.15) is 0 Å². The van der Waals surface area contributed by atoms with Gasteiger partial charge >= 0.3 is 0 Å². The summed E-state index contributed by atoms with van der Waals surface area (Å²) in [7, 11) is 0. The van der Waals surface area contributed by atoms with Crippen molar-refractivity contribution in [3.63, 3.8) is 0 Å². The summed E-state index contributed by atoms with van der Waals surface area (Å²) in [6.45, 7) is 0.387. The first kappa shape index (κ1) is 10.2. The average Bonchev–Trinajstić information content (AvgIpc) is 2.18. The molecule has 0 saturated heterocycles. The van der Waals surface area contributed by atoms with E-state index in [0.29, 0.717) is 6.42 Å². The minimum Gasteiger partial charge on any atom is -0.396 e. The lowest BCUT2D eigenvalue weighted by molar-refractivity contribution is 0.186. The molecule has 1 unspecified atom stereocenters. The Morgan fingerprint density at radius 3 is 2.31 bits per heavy atom. The molecule has 4 N–H and O–H groups in total. The molecule has 0 bridgehead atoms. The van der Waals surface area contributed by atoms with Gasteiger partial charge < -0.3 is 15.9 Å². The fourth-order valence-electron chi connectivity index (χ4n) is 1.17. The molecule has 0 aromatic heterocycles. The van der Waals surface area contributed by atoms with E-state index in [0.717, 1.165) is 11.1 Å². The molecular formula is C10H15NO2. The van der Waals surface area contributed by atoms with E-state index < -0.39 is 6.10 Å². The van der Waals surface area contributed by atoms with E-state index in [1.807, 2.05) is 24.3 Å². The van der Waals surface area contributed by atoms with Crippen LogP contribution in [0, 0.1) is 0 Å². The van der Waals surface area contributed by atoms with E-state index >= 15 is 0 Å². The molecule has 1 atom stereocenters. The van der Waals surface area contributed by atoms with Gasteiger partial charge in [-0.1, -0.05) is 24.3 Å². The van der Waals surface area contributed by atoms with Crippen LogP contribution in [0.15, 0.2) is 24.3 Å². The molecule has 13 heavy (non-hydrogen) atoms. The number of hydrogen-bond acceptors (Lipinski definition) is 3. The van der Waals surface area contributed by atoms with Crippen molar-refractivity contribution in [3.8, 4) is 0 Å². The molecule has 3 heteroatoms. The number of benzene rings is 1. The Morgan fingerprint density at radius 1 is 1.23 bits per heavy atom. The molecule has 72 valence electrons. The Balaban J connectivity index is 2.69. The molecule has 3 nitrogen and oxygen atoms in total. The fourth-order valence-corrected chi connectivity index (χ4v) is 1.17. The first-order valence-corrected chi connectivity index (χ1v) is 4.35. The van der Waals surface area contributed by atoms with Gasteiger partial charge in [0.05, 0.1) is 6.10 Å². The summed E-state index contributed by atoms with van der Waals surface area (Å²) < 4.78 is 0. The topological polar surface area (TPSA) is 66.5 Å². The second kappa shape index (κ2) is 4.97. The Hall–Kier alpha value is -0.900. The van der Waals surface area contributed by atoms with Crippen molar-refractivity contribution in [2.24, 2.45) is 5.73 Å². The average molecular weight is 181 g/mol. The molecule has 1 rings (SSSR count). The maximum atomic E-state index is 9.38. The smallest absolute Gasteiger partial charge is 0.0912 e. The predicted octanol–water partition coefficient (Wildman–Crippen LogP) is 0.213. The van der Waals surface area contributed by atoms with Crippen LogP contribution in [0.2, 0.25) is 0 Å². The molecule has 0 heterocycles. The Bertz CT molecular complexity index is 246. The van der Waals surface area contributed by atoms with Gasteiger partial charge in [-0.05, 0) is 17.5 Å². The summed E-state index contributed by atoms with van der Waals surface area (Å²) in [6, 6.07) is 7.46. The van der Waals surface area contributed by atoms with Crippen molar-refractivity contribution in [2.75, 3.05) is 13.2 Å². The molecule has 0 spiro atoms. The summed E-state index contributed by atoms with van der Waals surface area (Å²) in [6.07, 6.45) is 0.0714. The van der Waals surface area contributed by atoms with E-state index in [2.05, 4.69) is 0 Å². The van der Waals surface area contributed by atoms with Crippen LogP contribution in [0.3, 0.4) is 0 Å². The van der Waals surface area contributed by atoms with E-state index in [1.165, 1.54) is 0 Å². The largest absolute Gasteiger partial charge is 0.396 e. The van der Waals surface area contributed by atoms with Gasteiger partial charge in [0, 0.05) is 13.2 Å². The van der Waals surface area contributed by atoms with Crippen LogP contribution in [0.4, 0.5) is 0 Å². The van der Waals surface area contributed by atoms with Gasteiger partial charge in [0.25, 0.3) is 0 Å². The van der Waals surface area contributed by atoms with Crippen molar-refractivity contribution in [2.45, 2.75) is 12.5 Å². The molecule has 0 amide bonds. The highest BCUT2D eigenvalue weighted by Crippen LogP contribution is 2.12. The number of rotatable bonds is 4. The van der Waals surface area contributed by atoms with Crippen molar-refractivity contribution in [1.29, 1.82) is 0 Å². The predicted molar refractivity (Wildman–Crippen MR) is 51.2 cm³/mol. The highest BCUT2D eigenvalue weighted by atomic mass is 16.3. The lowest BCUT2D eigenvalue weighted by Crippen LogP contribution is -2.11. The minimum absolute atomic E-state index is 0.152. The third kappa shape index (κ3) is 2.81. The monoisotopic (exact) mass is 181 g/mol. The van der Waals surface area contributed by atoms with Crippen LogP contribution in [-0.2, 0) is 6.42 Å². The fraction of sp³-hybridized carbons (Fsp3) is 0.400. The van der Waals surface area contributed by atoms with Crippen molar-refractivity contribution < 1.29 is 10.2 Å². The SMILES string of the molecule is NCC(O)c1ccc(CCO)cc1. The zero-order chi connectivity index (χ0) is 9.68. The standard InChI is InChI=1S/C10H15NO2/c11-7-10(13)9-3-1-8(2-4-9)5-6-12/h1-4,10,12-13H,5-7,11H2. The highest BCUT2D eigenvalue weighted by Gasteiger charge is 2.03. The van der Waals surface area contributed by atoms with E-state index in [4.69, 9.17) is 10.8 Å². The number of aliphatic hydroxyl groups excluding tert-OH is 2. The zero-order valence-corrected chi connectivity index (χ0v) is 7.48. The number of hydrogen-bond donors (Lipinski definition) is 3. The van der Waals surface area contributed by atoms with Gasteiger partial charge in [-0.15, -0.1) is 0 Å². The van der Waals surface area contributed by atoms with Gasteiger partial charge in [0.2, 0.25) is 0 Å². The third-order valence-corrected chi connectivity index (χ3v) is 1.99. The van der Waals surface area contributed by atoms with Crippen LogP contribution in [0.25, 0.3) is 0 Å². The Labute approximate surface area is 77.8 Å². The highest BCUT2D eigenvalue weighted by molar-refractivity contribution is 5.24. The first-order valence-electron chi connectivity index (χ1n) is 4.35. The molecule has 0 aliphatic carbocycles. The van der Waals surface area contributed by atoms with Crippen molar-refractivity contribution in [1.82, 2.24) is 0 Å². The van der Waals surface area contributed by atoms with Crippen LogP contribution in [0.5, 0.6) is 0 Å². The summed E-state index contributed by atoms with van der Waals surface area (Å²) in [5.41, 5.74) is 7.20. The number of nitrogens with two attached hydrogens (primary N) is 1. The normalized spacial score (nSPS) is 12.8. The summed E-state index contributed by atoms with van der Waals surface area (Å²) in [4.78, 5) is 0. The second-order valence-corrected chi connectivity index (χ2v) is 2.97. The van der Waals surface area contributed by atoms with Crippen LogP contribution in [0.1, 0.15) is 17.2 Å². The zero-order valence-electron chi connectivity index (χ0n) is 7.48. The molecule has 1 aromatic carbocycles. The quantitative estimate of drug-likeness (QED) is 0.622. The molecule has 0 fully saturated rings. The molecule has 0 aliphatic rings. The molecule has 0 saturated carbocycles. The summed E-state index contributed by atoms with van der Waals surface area (Å²) in [5, 5.41) is 18.1. The van der Waals surface area contributed by atoms with Crippen molar-refractivity contribution >= 4 is 0 Å². The first-order chi connectivity index (χ1) is 6.27. The maximum Gasteiger partial charge on any atom is 0.0912 e. The maximum absolute atomic E-state index is 9.38. The van der Waals surface area contributed by atoms with Gasteiger partial charge in [-0.3, -0.25) is 0 Å². The van der Waals surface area contributed by atoms with E-state index in [1.54, 1.807) is 0 Å². The van der Waals surface area contributed by atoms with Crippen LogP contribution in [-0.4, -0.2) is 23.4 Å². The molecule has 0 radical (unpaired) electrons. The summed E-state index contributed by atoms with van der Waals surface area (Å²) in [5.74, 6) is 0. The minimum atomic E-state index is -0.580. The van der Waals surface area contributed by atoms with E-state index in [-0.39, 0.29) is 13.2 Å². The Kier molecular flexibility index (Phi) is 3.89. The Morgan fingerprint density at radius 2 is 1.85 bits per heavy atom. The molecular weight excluding hydrogens is 166 g/mol. The van der Waals surface area contributed by atoms with Crippen LogP contribution >= 0.6 is 0 Å². The van der Waals surface area contributed by atoms with Gasteiger partial charge in [-0.25, -0.2) is 0 Å². The van der Waals surface area contributed by atoms with Gasteiger partial charge in [0.15, 0.2) is 0 Å². The van der Waals surface area contributed by atoms with Crippen molar-refractivity contribution in [3.05, 3.63) is 35.4 Å². The lowest BCUT2D eigenvalue weighted by atomic mass is 10.1. The van der Waals surface area contributed by atoms with E-state index in [9.17, 15) is 5.11 Å². The second-order valence-electron chi connectivity index (χ2n) is 2.97. The van der Waals surface area contributed by atoms with Gasteiger partial charge in [0.1, 0.15) is 0 Å². The lowest BCUT2D eigenvalue weighted by Gasteiger charge is -2.08. The third-order valence-electron chi connectivity index (χ3n) is 1.99. The molecule has 0 aliphatic heterocycles. The molecule has 1 aromatic rings. The number of aliphatic hydroxyl groups is 2. The summed E-state index contributed by atoms with van der Waals surface area (Å²) >= 11 is 0. The van der Waals surface area contributed by atoms with Crippen LogP contribution < -0.4 is 5.73 Å².